The second-order valence-electron chi connectivity index (χ2n) is 2.59. The van der Waals surface area contributed by atoms with Crippen LogP contribution < -0.4 is 0 Å². The van der Waals surface area contributed by atoms with Crippen LogP contribution in [0.1, 0.15) is 15.9 Å². The van der Waals surface area contributed by atoms with E-state index in [1.807, 2.05) is 0 Å². The van der Waals surface area contributed by atoms with Crippen LogP contribution in [0.2, 0.25) is 0 Å². The first-order chi connectivity index (χ1) is 7.20. The van der Waals surface area contributed by atoms with Gasteiger partial charge in [-0.3, -0.25) is 0 Å². The Morgan fingerprint density at radius 2 is 2.33 bits per heavy atom. The Balaban J connectivity index is 3.17. The van der Waals surface area contributed by atoms with Crippen molar-refractivity contribution in [2.45, 2.75) is 0 Å². The number of carbonyl (C=O) groups excluding carboxylic acids is 1. The maximum Gasteiger partial charge on any atom is 0.340 e. The first-order valence-electron chi connectivity index (χ1n) is 4.12. The lowest BCUT2D eigenvalue weighted by atomic mass is 10.1. The van der Waals surface area contributed by atoms with E-state index in [0.717, 1.165) is 0 Å². The van der Waals surface area contributed by atoms with Crippen molar-refractivity contribution in [3.8, 4) is 11.8 Å². The lowest BCUT2D eigenvalue weighted by Gasteiger charge is -2.01. The van der Waals surface area contributed by atoms with Crippen molar-refractivity contribution >= 4 is 17.6 Å². The van der Waals surface area contributed by atoms with Crippen LogP contribution in [0.15, 0.2) is 18.2 Å². The number of rotatable bonds is 1. The molecule has 1 aromatic carbocycles. The fraction of sp³-hybridized carbons (Fsp3) is 0.182. The van der Waals surface area contributed by atoms with E-state index in [4.69, 9.17) is 11.6 Å². The zero-order valence-electron chi connectivity index (χ0n) is 8.01. The van der Waals surface area contributed by atoms with Gasteiger partial charge in [0, 0.05) is 0 Å². The van der Waals surface area contributed by atoms with Crippen LogP contribution >= 0.6 is 11.6 Å². The molecule has 78 valence electrons. The highest BCUT2D eigenvalue weighted by Crippen LogP contribution is 2.12. The molecule has 0 N–H and O–H groups in total. The van der Waals surface area contributed by atoms with Gasteiger partial charge in [-0.1, -0.05) is 17.9 Å². The van der Waals surface area contributed by atoms with Gasteiger partial charge in [-0.2, -0.15) is 0 Å². The number of halogens is 2. The summed E-state index contributed by atoms with van der Waals surface area (Å²) in [7, 11) is 1.19. The molecule has 4 heteroatoms. The van der Waals surface area contributed by atoms with Gasteiger partial charge in [0.1, 0.15) is 0 Å². The minimum Gasteiger partial charge on any atom is -0.465 e. The van der Waals surface area contributed by atoms with Gasteiger partial charge in [0.2, 0.25) is 0 Å². The topological polar surface area (TPSA) is 26.3 Å². The van der Waals surface area contributed by atoms with Crippen molar-refractivity contribution < 1.29 is 13.9 Å². The van der Waals surface area contributed by atoms with Crippen molar-refractivity contribution in [2.24, 2.45) is 0 Å². The van der Waals surface area contributed by atoms with Crippen molar-refractivity contribution in [3.05, 3.63) is 35.1 Å². The van der Waals surface area contributed by atoms with E-state index >= 15 is 0 Å². The summed E-state index contributed by atoms with van der Waals surface area (Å²) in [6, 6.07) is 4.35. The van der Waals surface area contributed by atoms with E-state index in [1.165, 1.54) is 25.3 Å². The van der Waals surface area contributed by atoms with Crippen molar-refractivity contribution in [1.29, 1.82) is 0 Å². The molecule has 1 aromatic rings. The summed E-state index contributed by atoms with van der Waals surface area (Å²) in [5.41, 5.74) is 0.0115. The Labute approximate surface area is 92.0 Å². The van der Waals surface area contributed by atoms with E-state index in [-0.39, 0.29) is 17.0 Å². The van der Waals surface area contributed by atoms with E-state index in [0.29, 0.717) is 0 Å². The summed E-state index contributed by atoms with van der Waals surface area (Å²) < 4.78 is 18.0. The Morgan fingerprint density at radius 3 is 2.93 bits per heavy atom. The Bertz CT molecular complexity index is 432. The second-order valence-corrected chi connectivity index (χ2v) is 2.86. The van der Waals surface area contributed by atoms with Crippen molar-refractivity contribution in [2.75, 3.05) is 13.0 Å². The zero-order chi connectivity index (χ0) is 11.3. The third-order valence-corrected chi connectivity index (χ3v) is 1.83. The standard InChI is InChI=1S/C11H8ClFO2/c1-15-11(14)9-6-2-4-8(10(9)13)5-3-7-12/h2,4,6H,7H2,1H3. The Hall–Kier alpha value is -1.53. The van der Waals surface area contributed by atoms with Gasteiger partial charge >= 0.3 is 5.97 Å². The van der Waals surface area contributed by atoms with Crippen LogP contribution in [0.3, 0.4) is 0 Å². The van der Waals surface area contributed by atoms with E-state index in [9.17, 15) is 9.18 Å². The lowest BCUT2D eigenvalue weighted by Crippen LogP contribution is -2.05. The Morgan fingerprint density at radius 1 is 1.60 bits per heavy atom. The molecular weight excluding hydrogens is 219 g/mol. The molecule has 0 saturated carbocycles. The number of benzene rings is 1. The van der Waals surface area contributed by atoms with Gasteiger partial charge in [0.15, 0.2) is 5.82 Å². The third-order valence-electron chi connectivity index (χ3n) is 1.69. The van der Waals surface area contributed by atoms with Crippen molar-refractivity contribution in [3.63, 3.8) is 0 Å². The quantitative estimate of drug-likeness (QED) is 0.417. The molecule has 0 fully saturated rings. The van der Waals surface area contributed by atoms with Gasteiger partial charge in [0.25, 0.3) is 0 Å². The molecule has 0 amide bonds. The van der Waals surface area contributed by atoms with Gasteiger partial charge in [-0.15, -0.1) is 11.6 Å². The summed E-state index contributed by atoms with van der Waals surface area (Å²) in [6.45, 7) is 0. The van der Waals surface area contributed by atoms with Crippen LogP contribution in [0.5, 0.6) is 0 Å². The Kier molecular flexibility index (Phi) is 4.14. The number of methoxy groups -OCH3 is 1. The van der Waals surface area contributed by atoms with Crippen LogP contribution in [-0.4, -0.2) is 19.0 Å². The first kappa shape index (κ1) is 11.5. The number of alkyl halides is 1. The predicted octanol–water partition coefficient (Wildman–Crippen LogP) is 2.20. The number of ether oxygens (including phenoxy) is 1. The highest BCUT2D eigenvalue weighted by molar-refractivity contribution is 6.19. The largest absolute Gasteiger partial charge is 0.465 e. The monoisotopic (exact) mass is 226 g/mol. The molecule has 0 aliphatic rings. The zero-order valence-corrected chi connectivity index (χ0v) is 8.77. The molecule has 0 aromatic heterocycles. The summed E-state index contributed by atoms with van der Waals surface area (Å²) in [5, 5.41) is 0. The normalized spacial score (nSPS) is 9.00. The average Bonchev–Trinajstić information content (AvgIpc) is 2.27. The SMILES string of the molecule is COC(=O)c1cccc(C#CCCl)c1F. The molecule has 0 bridgehead atoms. The average molecular weight is 227 g/mol. The summed E-state index contributed by atoms with van der Waals surface area (Å²) in [4.78, 5) is 11.1. The molecule has 0 radical (unpaired) electrons. The first-order valence-corrected chi connectivity index (χ1v) is 4.65. The molecule has 0 saturated heterocycles. The minimum atomic E-state index is -0.720. The van der Waals surface area contributed by atoms with E-state index in [2.05, 4.69) is 16.6 Å². The van der Waals surface area contributed by atoms with Gasteiger partial charge in [-0.05, 0) is 12.1 Å². The molecule has 0 aliphatic carbocycles. The van der Waals surface area contributed by atoms with E-state index < -0.39 is 11.8 Å². The lowest BCUT2D eigenvalue weighted by molar-refractivity contribution is 0.0595. The van der Waals surface area contributed by atoms with Gasteiger partial charge in [0.05, 0.1) is 24.1 Å². The molecule has 0 atom stereocenters. The molecule has 0 spiro atoms. The molecule has 0 aliphatic heterocycles. The summed E-state index contributed by atoms with van der Waals surface area (Å²) >= 11 is 5.35. The number of carbonyl (C=O) groups is 1. The fourth-order valence-electron chi connectivity index (χ4n) is 1.02. The van der Waals surface area contributed by atoms with Crippen LogP contribution in [0.4, 0.5) is 4.39 Å². The number of hydrogen-bond acceptors (Lipinski definition) is 2. The predicted molar refractivity (Wildman–Crippen MR) is 55.3 cm³/mol. The third kappa shape index (κ3) is 2.71. The van der Waals surface area contributed by atoms with Gasteiger partial charge in [-0.25, -0.2) is 9.18 Å². The van der Waals surface area contributed by atoms with Crippen LogP contribution in [0, 0.1) is 17.7 Å². The molecule has 0 heterocycles. The second kappa shape index (κ2) is 5.38. The molecule has 0 unspecified atom stereocenters. The van der Waals surface area contributed by atoms with Crippen molar-refractivity contribution in [1.82, 2.24) is 0 Å². The maximum absolute atomic E-state index is 13.6. The fourth-order valence-corrected chi connectivity index (χ4v) is 1.09. The number of hydrogen-bond donors (Lipinski definition) is 0. The summed E-state index contributed by atoms with van der Waals surface area (Å²) in [6.07, 6.45) is 0. The van der Waals surface area contributed by atoms with Crippen LogP contribution in [-0.2, 0) is 4.74 Å². The minimum absolute atomic E-state index is 0.113. The van der Waals surface area contributed by atoms with Crippen LogP contribution in [0.25, 0.3) is 0 Å². The molecule has 15 heavy (non-hydrogen) atoms. The van der Waals surface area contributed by atoms with E-state index in [1.54, 1.807) is 0 Å². The summed E-state index contributed by atoms with van der Waals surface area (Å²) in [5.74, 6) is 3.74. The van der Waals surface area contributed by atoms with Gasteiger partial charge < -0.3 is 4.74 Å². The molecule has 2 nitrogen and oxygen atoms in total. The maximum atomic E-state index is 13.6. The molecular formula is C11H8ClFO2. The highest BCUT2D eigenvalue weighted by Gasteiger charge is 2.13. The number of esters is 1. The smallest absolute Gasteiger partial charge is 0.340 e. The molecule has 1 rings (SSSR count). The highest BCUT2D eigenvalue weighted by atomic mass is 35.5.